The third-order valence-electron chi connectivity index (χ3n) is 15.8. The average Bonchev–Trinajstić information content (AvgIpc) is 3.73. The van der Waals surface area contributed by atoms with Crippen LogP contribution in [0.5, 0.6) is 0 Å². The van der Waals surface area contributed by atoms with Gasteiger partial charge in [0.1, 0.15) is 8.07 Å². The van der Waals surface area contributed by atoms with Crippen LogP contribution in [0, 0.1) is 0 Å². The molecule has 12 aromatic carbocycles. The van der Waals surface area contributed by atoms with Crippen LogP contribution in [0.1, 0.15) is 25.0 Å². The largest absolute Gasteiger partial charge is 0.113 e. The first-order chi connectivity index (χ1) is 32.2. The summed E-state index contributed by atoms with van der Waals surface area (Å²) in [5.41, 5.74) is 15.8. The van der Waals surface area contributed by atoms with Gasteiger partial charge < -0.3 is 0 Å². The summed E-state index contributed by atoms with van der Waals surface area (Å²) in [5.74, 6) is 0. The molecule has 0 spiro atoms. The second kappa shape index (κ2) is 13.5. The summed E-state index contributed by atoms with van der Waals surface area (Å²) < 4.78 is 0. The fourth-order valence-corrected chi connectivity index (χ4v) is 15.6. The van der Waals surface area contributed by atoms with Crippen LogP contribution < -0.4 is 10.4 Å². The number of hydrogen-bond donors (Lipinski definition) is 0. The zero-order chi connectivity index (χ0) is 44.1. The molecule has 0 bridgehead atoms. The molecule has 1 aliphatic carbocycles. The van der Waals surface area contributed by atoms with Crippen LogP contribution in [0.25, 0.3) is 120 Å². The Kier molecular flexibility index (Phi) is 7.71. The van der Waals surface area contributed by atoms with Crippen molar-refractivity contribution in [3.63, 3.8) is 0 Å². The molecule has 0 amide bonds. The van der Waals surface area contributed by atoms with Crippen LogP contribution >= 0.6 is 0 Å². The Morgan fingerprint density at radius 3 is 1.58 bits per heavy atom. The molecular weight excluding hydrogens is 809 g/mol. The second-order valence-corrected chi connectivity index (χ2v) is 24.3. The Morgan fingerprint density at radius 1 is 0.288 bits per heavy atom. The summed E-state index contributed by atoms with van der Waals surface area (Å²) in [7, 11) is -2.04. The highest BCUT2D eigenvalue weighted by atomic mass is 28.3. The Hall–Kier alpha value is -7.58. The first-order valence-corrected chi connectivity index (χ1v) is 26.5. The zero-order valence-electron chi connectivity index (χ0n) is 37.6. The predicted molar refractivity (Wildman–Crippen MR) is 288 cm³/mol. The molecule has 0 radical (unpaired) electrons. The Morgan fingerprint density at radius 2 is 0.788 bits per heavy atom. The first-order valence-electron chi connectivity index (χ1n) is 23.5. The van der Waals surface area contributed by atoms with Crippen LogP contribution in [-0.4, -0.2) is 8.07 Å². The van der Waals surface area contributed by atoms with Crippen molar-refractivity contribution in [1.82, 2.24) is 0 Å². The molecule has 0 unspecified atom stereocenters. The van der Waals surface area contributed by atoms with E-state index in [0.29, 0.717) is 0 Å². The molecular formula is C65H46Si. The Bertz CT molecular complexity index is 4070. The van der Waals surface area contributed by atoms with Gasteiger partial charge in [-0.05, 0) is 172 Å². The fourth-order valence-electron chi connectivity index (χ4n) is 12.5. The highest BCUT2D eigenvalue weighted by Crippen LogP contribution is 2.51. The van der Waals surface area contributed by atoms with E-state index in [0.717, 1.165) is 0 Å². The van der Waals surface area contributed by atoms with Crippen molar-refractivity contribution in [3.05, 3.63) is 217 Å². The van der Waals surface area contributed by atoms with Crippen LogP contribution in [-0.2, 0) is 5.41 Å². The third-order valence-corrected chi connectivity index (χ3v) is 19.3. The summed E-state index contributed by atoms with van der Waals surface area (Å²) in [6.45, 7) is 9.86. The second-order valence-electron chi connectivity index (χ2n) is 20.0. The van der Waals surface area contributed by atoms with Gasteiger partial charge >= 0.3 is 0 Å². The van der Waals surface area contributed by atoms with Crippen LogP contribution in [0.4, 0.5) is 0 Å². The summed E-state index contributed by atoms with van der Waals surface area (Å²) in [6.07, 6.45) is 0. The molecule has 12 aromatic rings. The van der Waals surface area contributed by atoms with Crippen LogP contribution in [0.2, 0.25) is 13.1 Å². The van der Waals surface area contributed by atoms with Crippen molar-refractivity contribution >= 4 is 83.1 Å². The normalized spacial score (nSPS) is 14.3. The number of benzene rings is 12. The number of fused-ring (bicyclic) bond motifs is 15. The molecule has 1 heterocycles. The Labute approximate surface area is 386 Å². The van der Waals surface area contributed by atoms with E-state index in [-0.39, 0.29) is 5.41 Å². The minimum absolute atomic E-state index is 0.0847. The molecule has 0 atom stereocenters. The van der Waals surface area contributed by atoms with Crippen molar-refractivity contribution in [3.8, 4) is 55.6 Å². The standard InChI is InChI=1S/C65H46Si/c1-65(2)59-23-13-11-21-50(59)51-31-27-42(36-60(51)65)41-28-32-53-56(34-41)64(43-26-25-39-15-5-6-16-40(39)33-43)58-38-62-55(52-22-12-14-24-61(52)66(62,3)4)37-57(58)63(53)44-29-30-49-47-19-8-7-17-45(47)46-18-9-10-20-48(46)54(49)35-44/h5-38H,1-4H3. The maximum atomic E-state index is 2.64. The molecule has 14 rings (SSSR count). The van der Waals surface area contributed by atoms with Crippen molar-refractivity contribution < 1.29 is 0 Å². The molecule has 2 aliphatic rings. The summed E-state index contributed by atoms with van der Waals surface area (Å²) >= 11 is 0. The van der Waals surface area contributed by atoms with Gasteiger partial charge in [0.2, 0.25) is 0 Å². The highest BCUT2D eigenvalue weighted by Gasteiger charge is 2.38. The van der Waals surface area contributed by atoms with E-state index in [1.807, 2.05) is 0 Å². The van der Waals surface area contributed by atoms with E-state index in [4.69, 9.17) is 0 Å². The van der Waals surface area contributed by atoms with E-state index in [9.17, 15) is 0 Å². The zero-order valence-corrected chi connectivity index (χ0v) is 38.6. The van der Waals surface area contributed by atoms with E-state index >= 15 is 0 Å². The van der Waals surface area contributed by atoms with E-state index in [1.54, 1.807) is 0 Å². The molecule has 0 saturated heterocycles. The minimum atomic E-state index is -2.04. The fraction of sp³-hybridized carbons (Fsp3) is 0.0769. The molecule has 1 heteroatoms. The molecule has 0 fully saturated rings. The van der Waals surface area contributed by atoms with Gasteiger partial charge in [0, 0.05) is 5.41 Å². The maximum Gasteiger partial charge on any atom is 0.113 e. The van der Waals surface area contributed by atoms with Gasteiger partial charge in [0.15, 0.2) is 0 Å². The lowest BCUT2D eigenvalue weighted by molar-refractivity contribution is 0.660. The smallest absolute Gasteiger partial charge is 0.0623 e. The topological polar surface area (TPSA) is 0 Å². The molecule has 0 aromatic heterocycles. The lowest BCUT2D eigenvalue weighted by Gasteiger charge is -2.23. The quantitative estimate of drug-likeness (QED) is 0.0944. The van der Waals surface area contributed by atoms with Gasteiger partial charge in [-0.25, -0.2) is 0 Å². The third kappa shape index (κ3) is 5.15. The van der Waals surface area contributed by atoms with Crippen molar-refractivity contribution in [2.24, 2.45) is 0 Å². The van der Waals surface area contributed by atoms with Crippen molar-refractivity contribution in [2.75, 3.05) is 0 Å². The summed E-state index contributed by atoms with van der Waals surface area (Å²) in [4.78, 5) is 0. The molecule has 310 valence electrons. The summed E-state index contributed by atoms with van der Waals surface area (Å²) in [6, 6.07) is 79.1. The predicted octanol–water partition coefficient (Wildman–Crippen LogP) is 16.7. The molecule has 0 nitrogen and oxygen atoms in total. The van der Waals surface area contributed by atoms with E-state index in [1.165, 1.54) is 142 Å². The van der Waals surface area contributed by atoms with E-state index in [2.05, 4.69) is 233 Å². The van der Waals surface area contributed by atoms with Gasteiger partial charge in [0.05, 0.1) is 0 Å². The lowest BCUT2D eigenvalue weighted by atomic mass is 9.81. The number of rotatable bonds is 3. The highest BCUT2D eigenvalue weighted by molar-refractivity contribution is 7.04. The molecule has 1 aliphatic heterocycles. The lowest BCUT2D eigenvalue weighted by Crippen LogP contribution is -2.49. The maximum absolute atomic E-state index is 2.64. The molecule has 0 N–H and O–H groups in total. The van der Waals surface area contributed by atoms with Crippen LogP contribution in [0.15, 0.2) is 206 Å². The SMILES string of the molecule is CC1(C)c2ccccc2-c2ccc(-c3ccc4c(-c5ccc6c7ccccc7c7ccccc7c6c5)c5cc6c(cc5c(-c5ccc7ccccc7c5)c4c3)[Si](C)(C)c3ccccc3-6)cc21. The first kappa shape index (κ1) is 37.8. The Balaban J connectivity index is 1.12. The van der Waals surface area contributed by atoms with E-state index < -0.39 is 8.07 Å². The monoisotopic (exact) mass is 854 g/mol. The van der Waals surface area contributed by atoms with Gasteiger partial charge in [-0.2, -0.15) is 0 Å². The van der Waals surface area contributed by atoms with Gasteiger partial charge in [-0.15, -0.1) is 0 Å². The van der Waals surface area contributed by atoms with Gasteiger partial charge in [-0.3, -0.25) is 0 Å². The molecule has 66 heavy (non-hydrogen) atoms. The minimum Gasteiger partial charge on any atom is -0.0623 e. The van der Waals surface area contributed by atoms with Crippen molar-refractivity contribution in [2.45, 2.75) is 32.4 Å². The average molecular weight is 855 g/mol. The summed E-state index contributed by atoms with van der Waals surface area (Å²) in [5, 5.41) is 18.5. The number of hydrogen-bond acceptors (Lipinski definition) is 0. The van der Waals surface area contributed by atoms with Gasteiger partial charge in [-0.1, -0.05) is 203 Å². The van der Waals surface area contributed by atoms with Crippen LogP contribution in [0.3, 0.4) is 0 Å². The van der Waals surface area contributed by atoms with Gasteiger partial charge in [0.25, 0.3) is 0 Å². The van der Waals surface area contributed by atoms with Crippen molar-refractivity contribution in [1.29, 1.82) is 0 Å². The molecule has 0 saturated carbocycles.